The average molecular weight is 253 g/mol. The van der Waals surface area contributed by atoms with Gasteiger partial charge < -0.3 is 14.6 Å². The molecule has 1 aromatic heterocycles. The largest absolute Gasteiger partial charge is 0.382 e. The predicted molar refractivity (Wildman–Crippen MR) is 74.8 cm³/mol. The van der Waals surface area contributed by atoms with Crippen molar-refractivity contribution in [3.8, 4) is 0 Å². The van der Waals surface area contributed by atoms with Crippen LogP contribution in [0.5, 0.6) is 0 Å². The fraction of sp³-hybridized carbons (Fsp3) is 0.786. The highest BCUT2D eigenvalue weighted by molar-refractivity contribution is 4.95. The Morgan fingerprint density at radius 2 is 2.22 bits per heavy atom. The summed E-state index contributed by atoms with van der Waals surface area (Å²) in [5.41, 5.74) is 0. The van der Waals surface area contributed by atoms with Gasteiger partial charge in [0, 0.05) is 38.5 Å². The topological polar surface area (TPSA) is 39.1 Å². The molecular weight excluding hydrogens is 226 g/mol. The van der Waals surface area contributed by atoms with Crippen LogP contribution in [0.25, 0.3) is 0 Å². The third kappa shape index (κ3) is 4.78. The summed E-state index contributed by atoms with van der Waals surface area (Å²) in [4.78, 5) is 4.45. The van der Waals surface area contributed by atoms with E-state index in [1.54, 1.807) is 7.11 Å². The summed E-state index contributed by atoms with van der Waals surface area (Å²) in [5.74, 6) is 1.16. The van der Waals surface area contributed by atoms with E-state index in [0.717, 1.165) is 38.2 Å². The van der Waals surface area contributed by atoms with Gasteiger partial charge in [-0.2, -0.15) is 0 Å². The van der Waals surface area contributed by atoms with E-state index >= 15 is 0 Å². The summed E-state index contributed by atoms with van der Waals surface area (Å²) in [6.45, 7) is 8.49. The van der Waals surface area contributed by atoms with E-state index in [1.165, 1.54) is 0 Å². The second kappa shape index (κ2) is 8.27. The molecular formula is C14H27N3O. The van der Waals surface area contributed by atoms with Gasteiger partial charge in [0.1, 0.15) is 5.82 Å². The molecule has 2 atom stereocenters. The predicted octanol–water partition coefficient (Wildman–Crippen LogP) is 2.24. The van der Waals surface area contributed by atoms with E-state index in [0.29, 0.717) is 6.04 Å². The maximum Gasteiger partial charge on any atom is 0.110 e. The standard InChI is InChI=1S/C14H27N3O/c1-5-7-15-13(10-12(3)18-4)11-14-16-8-9-17(14)6-2/h8-9,12-13,15H,5-7,10-11H2,1-4H3. The lowest BCUT2D eigenvalue weighted by Gasteiger charge is -2.21. The van der Waals surface area contributed by atoms with Crippen LogP contribution < -0.4 is 5.32 Å². The number of nitrogens with zero attached hydrogens (tertiary/aromatic N) is 2. The third-order valence-corrected chi connectivity index (χ3v) is 3.27. The molecule has 0 aliphatic carbocycles. The van der Waals surface area contributed by atoms with E-state index in [9.17, 15) is 0 Å². The number of ether oxygens (including phenoxy) is 1. The molecule has 1 N–H and O–H groups in total. The lowest BCUT2D eigenvalue weighted by atomic mass is 10.1. The Hall–Kier alpha value is -0.870. The van der Waals surface area contributed by atoms with Crippen molar-refractivity contribution in [1.82, 2.24) is 14.9 Å². The summed E-state index contributed by atoms with van der Waals surface area (Å²) in [6, 6.07) is 0.438. The van der Waals surface area contributed by atoms with Crippen molar-refractivity contribution in [1.29, 1.82) is 0 Å². The van der Waals surface area contributed by atoms with Crippen molar-refractivity contribution in [3.63, 3.8) is 0 Å². The molecule has 4 heteroatoms. The summed E-state index contributed by atoms with van der Waals surface area (Å²) in [6.07, 6.45) is 7.35. The molecule has 0 aromatic carbocycles. The fourth-order valence-corrected chi connectivity index (χ4v) is 2.12. The minimum atomic E-state index is 0.282. The van der Waals surface area contributed by atoms with Crippen molar-refractivity contribution >= 4 is 0 Å². The average Bonchev–Trinajstić information content (AvgIpc) is 2.82. The zero-order valence-corrected chi connectivity index (χ0v) is 12.1. The Kier molecular flexibility index (Phi) is 6.98. The van der Waals surface area contributed by atoms with Gasteiger partial charge in [-0.3, -0.25) is 0 Å². The van der Waals surface area contributed by atoms with Crippen LogP contribution in [0.2, 0.25) is 0 Å². The molecule has 1 aromatic rings. The van der Waals surface area contributed by atoms with E-state index < -0.39 is 0 Å². The van der Waals surface area contributed by atoms with Crippen molar-refractivity contribution in [2.45, 2.75) is 58.7 Å². The molecule has 0 bridgehead atoms. The number of aryl methyl sites for hydroxylation is 1. The molecule has 0 saturated carbocycles. The molecule has 0 amide bonds. The van der Waals surface area contributed by atoms with E-state index in [4.69, 9.17) is 4.74 Å². The zero-order valence-electron chi connectivity index (χ0n) is 12.1. The number of imidazole rings is 1. The van der Waals surface area contributed by atoms with Gasteiger partial charge in [0.05, 0.1) is 6.10 Å². The van der Waals surface area contributed by atoms with Gasteiger partial charge in [-0.05, 0) is 33.2 Å². The number of hydrogen-bond donors (Lipinski definition) is 1. The number of rotatable bonds is 9. The highest BCUT2D eigenvalue weighted by Crippen LogP contribution is 2.08. The van der Waals surface area contributed by atoms with Crippen LogP contribution in [-0.2, 0) is 17.7 Å². The van der Waals surface area contributed by atoms with Crippen LogP contribution in [0.4, 0.5) is 0 Å². The van der Waals surface area contributed by atoms with E-state index in [2.05, 4.69) is 35.6 Å². The highest BCUT2D eigenvalue weighted by atomic mass is 16.5. The van der Waals surface area contributed by atoms with Crippen molar-refractivity contribution < 1.29 is 4.74 Å². The van der Waals surface area contributed by atoms with E-state index in [-0.39, 0.29) is 6.10 Å². The monoisotopic (exact) mass is 253 g/mol. The minimum Gasteiger partial charge on any atom is -0.382 e. The normalized spacial score (nSPS) is 14.7. The SMILES string of the molecule is CCCNC(Cc1nccn1CC)CC(C)OC. The number of aromatic nitrogens is 2. The van der Waals surface area contributed by atoms with Crippen molar-refractivity contribution in [2.24, 2.45) is 0 Å². The summed E-state index contributed by atoms with van der Waals surface area (Å²) in [7, 11) is 1.77. The first-order valence-corrected chi connectivity index (χ1v) is 6.97. The molecule has 0 aliphatic rings. The molecule has 0 fully saturated rings. The van der Waals surface area contributed by atoms with Gasteiger partial charge in [0.2, 0.25) is 0 Å². The molecule has 0 radical (unpaired) electrons. The second-order valence-electron chi connectivity index (χ2n) is 4.77. The molecule has 1 heterocycles. The van der Waals surface area contributed by atoms with Gasteiger partial charge in [0.15, 0.2) is 0 Å². The quantitative estimate of drug-likeness (QED) is 0.733. The smallest absolute Gasteiger partial charge is 0.110 e. The molecule has 0 spiro atoms. The van der Waals surface area contributed by atoms with Gasteiger partial charge in [-0.25, -0.2) is 4.98 Å². The summed E-state index contributed by atoms with van der Waals surface area (Å²) in [5, 5.41) is 3.59. The van der Waals surface area contributed by atoms with Crippen LogP contribution >= 0.6 is 0 Å². The third-order valence-electron chi connectivity index (χ3n) is 3.27. The fourth-order valence-electron chi connectivity index (χ4n) is 2.12. The van der Waals surface area contributed by atoms with Crippen LogP contribution in [0.15, 0.2) is 12.4 Å². The first-order valence-electron chi connectivity index (χ1n) is 6.97. The molecule has 4 nitrogen and oxygen atoms in total. The van der Waals surface area contributed by atoms with Gasteiger partial charge >= 0.3 is 0 Å². The maximum absolute atomic E-state index is 5.37. The van der Waals surface area contributed by atoms with Crippen LogP contribution in [0.3, 0.4) is 0 Å². The van der Waals surface area contributed by atoms with Crippen LogP contribution in [0.1, 0.15) is 39.4 Å². The second-order valence-corrected chi connectivity index (χ2v) is 4.77. The van der Waals surface area contributed by atoms with Crippen LogP contribution in [-0.4, -0.2) is 35.4 Å². The summed E-state index contributed by atoms with van der Waals surface area (Å²) >= 11 is 0. The Morgan fingerprint density at radius 3 is 2.83 bits per heavy atom. The Bertz CT molecular complexity index is 325. The lowest BCUT2D eigenvalue weighted by Crippen LogP contribution is -2.35. The van der Waals surface area contributed by atoms with Gasteiger partial charge in [-0.1, -0.05) is 6.92 Å². The number of hydrogen-bond acceptors (Lipinski definition) is 3. The Balaban J connectivity index is 2.59. The molecule has 18 heavy (non-hydrogen) atoms. The maximum atomic E-state index is 5.37. The molecule has 1 rings (SSSR count). The van der Waals surface area contributed by atoms with Crippen molar-refractivity contribution in [3.05, 3.63) is 18.2 Å². The lowest BCUT2D eigenvalue weighted by molar-refractivity contribution is 0.100. The van der Waals surface area contributed by atoms with E-state index in [1.807, 2.05) is 12.4 Å². The zero-order chi connectivity index (χ0) is 13.4. The molecule has 0 aliphatic heterocycles. The van der Waals surface area contributed by atoms with Gasteiger partial charge in [0.25, 0.3) is 0 Å². The summed E-state index contributed by atoms with van der Waals surface area (Å²) < 4.78 is 7.58. The first kappa shape index (κ1) is 15.2. The van der Waals surface area contributed by atoms with Gasteiger partial charge in [-0.15, -0.1) is 0 Å². The Morgan fingerprint density at radius 1 is 1.44 bits per heavy atom. The minimum absolute atomic E-state index is 0.282. The number of methoxy groups -OCH3 is 1. The Labute approximate surface area is 111 Å². The first-order chi connectivity index (χ1) is 8.71. The molecule has 2 unspecified atom stereocenters. The number of nitrogens with one attached hydrogen (secondary N) is 1. The molecule has 104 valence electrons. The van der Waals surface area contributed by atoms with Crippen LogP contribution in [0, 0.1) is 0 Å². The highest BCUT2D eigenvalue weighted by Gasteiger charge is 2.15. The molecule has 0 saturated heterocycles. The van der Waals surface area contributed by atoms with Crippen molar-refractivity contribution in [2.75, 3.05) is 13.7 Å².